The minimum atomic E-state index is -0.0671. The highest BCUT2D eigenvalue weighted by Gasteiger charge is 2.27. The molecule has 25 heavy (non-hydrogen) atoms. The lowest BCUT2D eigenvalue weighted by Crippen LogP contribution is -2.39. The van der Waals surface area contributed by atoms with Crippen LogP contribution in [0.25, 0.3) is 10.6 Å². The summed E-state index contributed by atoms with van der Waals surface area (Å²) in [5, 5.41) is 3.09. The van der Waals surface area contributed by atoms with Gasteiger partial charge in [-0.05, 0) is 38.4 Å². The number of benzene rings is 1. The van der Waals surface area contributed by atoms with Crippen LogP contribution < -0.4 is 4.74 Å². The van der Waals surface area contributed by atoms with Crippen LogP contribution in [0.3, 0.4) is 0 Å². The monoisotopic (exact) mass is 360 g/mol. The zero-order valence-corrected chi connectivity index (χ0v) is 15.6. The van der Waals surface area contributed by atoms with Crippen molar-refractivity contribution in [1.29, 1.82) is 0 Å². The highest BCUT2D eigenvalue weighted by molar-refractivity contribution is 7.13. The van der Waals surface area contributed by atoms with Gasteiger partial charge in [-0.3, -0.25) is 9.69 Å². The molecule has 0 saturated carbocycles. The van der Waals surface area contributed by atoms with Gasteiger partial charge in [-0.2, -0.15) is 0 Å². The molecule has 0 spiro atoms. The lowest BCUT2D eigenvalue weighted by Gasteiger charge is -2.30. The molecule has 1 aliphatic heterocycles. The number of piperidine rings is 1. The largest absolute Gasteiger partial charge is 0.497 e. The molecular weight excluding hydrogens is 336 g/mol. The van der Waals surface area contributed by atoms with Crippen LogP contribution in [0.1, 0.15) is 25.5 Å². The Bertz CT molecular complexity index is 716. The molecule has 1 aliphatic rings. The predicted octanol–water partition coefficient (Wildman–Crippen LogP) is 3.59. The maximum absolute atomic E-state index is 12.0. The molecule has 2 heterocycles. The number of ether oxygens (including phenoxy) is 2. The van der Waals surface area contributed by atoms with E-state index in [4.69, 9.17) is 14.5 Å². The van der Waals surface area contributed by atoms with Crippen molar-refractivity contribution >= 4 is 17.3 Å². The average molecular weight is 360 g/mol. The third kappa shape index (κ3) is 4.58. The predicted molar refractivity (Wildman–Crippen MR) is 98.7 cm³/mol. The molecule has 1 saturated heterocycles. The number of rotatable bonds is 6. The molecule has 1 fully saturated rings. The normalized spacial score (nSPS) is 18.1. The van der Waals surface area contributed by atoms with Crippen molar-refractivity contribution < 1.29 is 14.3 Å². The summed E-state index contributed by atoms with van der Waals surface area (Å²) in [4.78, 5) is 19.0. The van der Waals surface area contributed by atoms with Crippen LogP contribution in [0.15, 0.2) is 29.6 Å². The van der Waals surface area contributed by atoms with E-state index in [1.54, 1.807) is 18.4 Å². The molecule has 0 aliphatic carbocycles. The number of carbonyl (C=O) groups is 1. The van der Waals surface area contributed by atoms with Crippen LogP contribution in [0, 0.1) is 5.92 Å². The Morgan fingerprint density at radius 3 is 3.12 bits per heavy atom. The molecule has 134 valence electrons. The van der Waals surface area contributed by atoms with Crippen LogP contribution in [0.2, 0.25) is 0 Å². The first-order valence-corrected chi connectivity index (χ1v) is 9.55. The maximum atomic E-state index is 12.0. The van der Waals surface area contributed by atoms with Crippen molar-refractivity contribution in [3.63, 3.8) is 0 Å². The molecule has 5 nitrogen and oxygen atoms in total. The van der Waals surface area contributed by atoms with Crippen molar-refractivity contribution in [3.8, 4) is 16.3 Å². The van der Waals surface area contributed by atoms with Gasteiger partial charge in [0.25, 0.3) is 0 Å². The molecule has 1 atom stereocenters. The zero-order chi connectivity index (χ0) is 17.6. The van der Waals surface area contributed by atoms with E-state index in [1.807, 2.05) is 31.2 Å². The van der Waals surface area contributed by atoms with Gasteiger partial charge in [0, 0.05) is 24.0 Å². The fraction of sp³-hybridized carbons (Fsp3) is 0.474. The summed E-state index contributed by atoms with van der Waals surface area (Å²) in [5.41, 5.74) is 2.12. The van der Waals surface area contributed by atoms with Crippen molar-refractivity contribution in [2.45, 2.75) is 26.3 Å². The van der Waals surface area contributed by atoms with E-state index in [-0.39, 0.29) is 11.9 Å². The van der Waals surface area contributed by atoms with Crippen LogP contribution in [-0.4, -0.2) is 42.7 Å². The summed E-state index contributed by atoms with van der Waals surface area (Å²) in [6, 6.07) is 7.95. The molecule has 0 N–H and O–H groups in total. The first-order chi connectivity index (χ1) is 12.2. The number of carbonyl (C=O) groups excluding carboxylic acids is 1. The number of hydrogen-bond donors (Lipinski definition) is 0. The number of hydrogen-bond acceptors (Lipinski definition) is 6. The second-order valence-corrected chi connectivity index (χ2v) is 7.06. The van der Waals surface area contributed by atoms with Gasteiger partial charge >= 0.3 is 5.97 Å². The number of likely N-dealkylation sites (tertiary alicyclic amines) is 1. The van der Waals surface area contributed by atoms with E-state index in [9.17, 15) is 4.79 Å². The van der Waals surface area contributed by atoms with Crippen molar-refractivity contribution in [3.05, 3.63) is 35.3 Å². The van der Waals surface area contributed by atoms with Gasteiger partial charge in [-0.1, -0.05) is 12.1 Å². The van der Waals surface area contributed by atoms with E-state index in [0.29, 0.717) is 6.61 Å². The summed E-state index contributed by atoms with van der Waals surface area (Å²) < 4.78 is 10.5. The molecule has 2 aromatic rings. The van der Waals surface area contributed by atoms with E-state index in [0.717, 1.165) is 54.5 Å². The van der Waals surface area contributed by atoms with Gasteiger partial charge in [0.2, 0.25) is 0 Å². The first kappa shape index (κ1) is 17.9. The first-order valence-electron chi connectivity index (χ1n) is 8.67. The van der Waals surface area contributed by atoms with E-state index < -0.39 is 0 Å². The van der Waals surface area contributed by atoms with Crippen LogP contribution in [-0.2, 0) is 16.1 Å². The Balaban J connectivity index is 1.63. The maximum Gasteiger partial charge on any atom is 0.310 e. The van der Waals surface area contributed by atoms with Crippen molar-refractivity contribution in [2.75, 3.05) is 26.8 Å². The zero-order valence-electron chi connectivity index (χ0n) is 14.7. The van der Waals surface area contributed by atoms with E-state index in [2.05, 4.69) is 10.3 Å². The van der Waals surface area contributed by atoms with Crippen LogP contribution in [0.5, 0.6) is 5.75 Å². The Hall–Kier alpha value is -1.92. The summed E-state index contributed by atoms with van der Waals surface area (Å²) >= 11 is 1.64. The van der Waals surface area contributed by atoms with Gasteiger partial charge in [0.05, 0.1) is 25.3 Å². The quantitative estimate of drug-likeness (QED) is 0.737. The number of nitrogens with zero attached hydrogens (tertiary/aromatic N) is 2. The molecule has 0 amide bonds. The van der Waals surface area contributed by atoms with Gasteiger partial charge in [0.1, 0.15) is 10.8 Å². The summed E-state index contributed by atoms with van der Waals surface area (Å²) in [6.07, 6.45) is 1.94. The standard InChI is InChI=1S/C19H24N2O3S/c1-3-24-19(22)15-7-5-9-21(11-15)12-16-13-25-18(20-16)14-6-4-8-17(10-14)23-2/h4,6,8,10,13,15H,3,5,7,9,11-12H2,1-2H3. The Morgan fingerprint density at radius 1 is 1.44 bits per heavy atom. The smallest absolute Gasteiger partial charge is 0.310 e. The lowest BCUT2D eigenvalue weighted by atomic mass is 9.98. The third-order valence-corrected chi connectivity index (χ3v) is 5.32. The molecule has 6 heteroatoms. The minimum Gasteiger partial charge on any atom is -0.497 e. The van der Waals surface area contributed by atoms with Crippen LogP contribution >= 0.6 is 11.3 Å². The summed E-state index contributed by atoms with van der Waals surface area (Å²) in [5.74, 6) is 0.760. The molecule has 1 aromatic heterocycles. The lowest BCUT2D eigenvalue weighted by molar-refractivity contribution is -0.150. The molecule has 3 rings (SSSR count). The van der Waals surface area contributed by atoms with Gasteiger partial charge in [-0.25, -0.2) is 4.98 Å². The van der Waals surface area contributed by atoms with Crippen molar-refractivity contribution in [2.24, 2.45) is 5.92 Å². The minimum absolute atomic E-state index is 0.00908. The fourth-order valence-corrected chi connectivity index (χ4v) is 3.96. The number of thiazole rings is 1. The molecular formula is C19H24N2O3S. The SMILES string of the molecule is CCOC(=O)C1CCCN(Cc2csc(-c3cccc(OC)c3)n2)C1. The number of esters is 1. The van der Waals surface area contributed by atoms with Gasteiger partial charge < -0.3 is 9.47 Å². The number of methoxy groups -OCH3 is 1. The number of aromatic nitrogens is 1. The molecule has 1 unspecified atom stereocenters. The molecule has 0 radical (unpaired) electrons. The van der Waals surface area contributed by atoms with Gasteiger partial charge in [-0.15, -0.1) is 11.3 Å². The van der Waals surface area contributed by atoms with Crippen LogP contribution in [0.4, 0.5) is 0 Å². The second-order valence-electron chi connectivity index (χ2n) is 6.20. The molecule has 0 bridgehead atoms. The van der Waals surface area contributed by atoms with E-state index in [1.165, 1.54) is 0 Å². The highest BCUT2D eigenvalue weighted by Crippen LogP contribution is 2.28. The van der Waals surface area contributed by atoms with Gasteiger partial charge in [0.15, 0.2) is 0 Å². The molecule has 1 aromatic carbocycles. The summed E-state index contributed by atoms with van der Waals surface area (Å²) in [6.45, 7) is 4.84. The fourth-order valence-electron chi connectivity index (χ4n) is 3.15. The third-order valence-electron chi connectivity index (χ3n) is 4.38. The second kappa shape index (κ2) is 8.45. The Morgan fingerprint density at radius 2 is 2.32 bits per heavy atom. The van der Waals surface area contributed by atoms with Crippen molar-refractivity contribution in [1.82, 2.24) is 9.88 Å². The Labute approximate surface area is 152 Å². The van der Waals surface area contributed by atoms with E-state index >= 15 is 0 Å². The average Bonchev–Trinajstić information content (AvgIpc) is 3.11. The topological polar surface area (TPSA) is 51.7 Å². The summed E-state index contributed by atoms with van der Waals surface area (Å²) in [7, 11) is 1.67. The highest BCUT2D eigenvalue weighted by atomic mass is 32.1. The Kier molecular flexibility index (Phi) is 6.04.